The number of amides is 2. The van der Waals surface area contributed by atoms with Crippen molar-refractivity contribution in [2.24, 2.45) is 11.8 Å². The third-order valence-corrected chi connectivity index (χ3v) is 6.71. The molecule has 3 heterocycles. The van der Waals surface area contributed by atoms with Crippen LogP contribution in [0.1, 0.15) is 53.0 Å². The molecule has 2 aromatic rings. The topological polar surface area (TPSA) is 56.4 Å². The maximum absolute atomic E-state index is 13.2. The van der Waals surface area contributed by atoms with Crippen LogP contribution in [-0.4, -0.2) is 52.8 Å². The van der Waals surface area contributed by atoms with E-state index in [2.05, 4.69) is 35.3 Å². The van der Waals surface area contributed by atoms with Crippen molar-refractivity contribution >= 4 is 11.8 Å². The van der Waals surface area contributed by atoms with Gasteiger partial charge in [-0.25, -0.2) is 0 Å². The Morgan fingerprint density at radius 3 is 2.40 bits per heavy atom. The highest BCUT2D eigenvalue weighted by Gasteiger charge is 2.33. The van der Waals surface area contributed by atoms with Crippen molar-refractivity contribution in [3.63, 3.8) is 0 Å². The first-order chi connectivity index (χ1) is 14.5. The Balaban J connectivity index is 1.31. The van der Waals surface area contributed by atoms with Gasteiger partial charge in [-0.3, -0.25) is 9.59 Å². The number of nitrogens with one attached hydrogen (secondary N) is 1. The molecule has 1 unspecified atom stereocenters. The standard InChI is InChI=1S/C25H33N3O2/c1-18-15-19(2)26-23(18)25(30)28-12-6-9-22(17-28)24(29)27-13-10-21(11-14-27)16-20-7-4-3-5-8-20/h3-5,7-8,15,21-22,26H,6,9-14,16-17H2,1-2H3. The molecule has 0 saturated carbocycles. The fourth-order valence-electron chi connectivity index (χ4n) is 5.04. The Hall–Kier alpha value is -2.56. The number of piperidine rings is 2. The average Bonchev–Trinajstić information content (AvgIpc) is 3.12. The second-order valence-corrected chi connectivity index (χ2v) is 9.06. The number of aromatic amines is 1. The number of nitrogens with zero attached hydrogens (tertiary/aromatic N) is 2. The van der Waals surface area contributed by atoms with E-state index in [4.69, 9.17) is 0 Å². The highest BCUT2D eigenvalue weighted by atomic mass is 16.2. The fourth-order valence-corrected chi connectivity index (χ4v) is 5.04. The van der Waals surface area contributed by atoms with Crippen molar-refractivity contribution in [3.05, 3.63) is 58.9 Å². The van der Waals surface area contributed by atoms with Gasteiger partial charge in [0.1, 0.15) is 5.69 Å². The maximum atomic E-state index is 13.2. The quantitative estimate of drug-likeness (QED) is 0.834. The SMILES string of the molecule is Cc1cc(C)c(C(=O)N2CCCC(C(=O)N3CCC(Cc4ccccc4)CC3)C2)[nH]1. The van der Waals surface area contributed by atoms with Crippen LogP contribution in [0.25, 0.3) is 0 Å². The summed E-state index contributed by atoms with van der Waals surface area (Å²) >= 11 is 0. The molecular formula is C25H33N3O2. The summed E-state index contributed by atoms with van der Waals surface area (Å²) < 4.78 is 0. The van der Waals surface area contributed by atoms with Gasteiger partial charge in [0.05, 0.1) is 5.92 Å². The molecule has 2 fully saturated rings. The summed E-state index contributed by atoms with van der Waals surface area (Å²) in [5.74, 6) is 0.856. The number of carbonyl (C=O) groups is 2. The number of aryl methyl sites for hydroxylation is 2. The summed E-state index contributed by atoms with van der Waals surface area (Å²) in [5, 5.41) is 0. The summed E-state index contributed by atoms with van der Waals surface area (Å²) in [7, 11) is 0. The Morgan fingerprint density at radius 2 is 1.73 bits per heavy atom. The van der Waals surface area contributed by atoms with Crippen molar-refractivity contribution in [1.82, 2.24) is 14.8 Å². The van der Waals surface area contributed by atoms with Crippen LogP contribution in [-0.2, 0) is 11.2 Å². The van der Waals surface area contributed by atoms with Crippen molar-refractivity contribution in [2.45, 2.75) is 46.0 Å². The van der Waals surface area contributed by atoms with Gasteiger partial charge in [-0.1, -0.05) is 30.3 Å². The fraction of sp³-hybridized carbons (Fsp3) is 0.520. The summed E-state index contributed by atoms with van der Waals surface area (Å²) in [4.78, 5) is 33.2. The van der Waals surface area contributed by atoms with Gasteiger partial charge in [-0.2, -0.15) is 0 Å². The second kappa shape index (κ2) is 9.07. The zero-order chi connectivity index (χ0) is 21.1. The lowest BCUT2D eigenvalue weighted by Gasteiger charge is -2.38. The van der Waals surface area contributed by atoms with Crippen molar-refractivity contribution in [3.8, 4) is 0 Å². The molecule has 0 aliphatic carbocycles. The van der Waals surface area contributed by atoms with Crippen LogP contribution in [0, 0.1) is 25.7 Å². The highest BCUT2D eigenvalue weighted by Crippen LogP contribution is 2.26. The van der Waals surface area contributed by atoms with Crippen LogP contribution in [0.4, 0.5) is 0 Å². The van der Waals surface area contributed by atoms with E-state index >= 15 is 0 Å². The second-order valence-electron chi connectivity index (χ2n) is 9.06. The predicted molar refractivity (Wildman–Crippen MR) is 118 cm³/mol. The van der Waals surface area contributed by atoms with Gasteiger partial charge < -0.3 is 14.8 Å². The molecule has 2 saturated heterocycles. The smallest absolute Gasteiger partial charge is 0.270 e. The molecule has 2 aliphatic heterocycles. The Morgan fingerprint density at radius 1 is 1.00 bits per heavy atom. The number of H-pyrrole nitrogens is 1. The Bertz CT molecular complexity index is 881. The largest absolute Gasteiger partial charge is 0.354 e. The van der Waals surface area contributed by atoms with Gasteiger partial charge in [0.2, 0.25) is 5.91 Å². The normalized spacial score (nSPS) is 20.4. The molecule has 5 nitrogen and oxygen atoms in total. The number of carbonyl (C=O) groups excluding carboxylic acids is 2. The van der Waals surface area contributed by atoms with E-state index in [0.29, 0.717) is 18.2 Å². The number of benzene rings is 1. The van der Waals surface area contributed by atoms with Crippen molar-refractivity contribution in [1.29, 1.82) is 0 Å². The summed E-state index contributed by atoms with van der Waals surface area (Å²) in [6.07, 6.45) is 5.01. The first-order valence-electron chi connectivity index (χ1n) is 11.3. The molecule has 1 N–H and O–H groups in total. The van der Waals surface area contributed by atoms with Gasteiger partial charge in [-0.05, 0) is 69.1 Å². The maximum Gasteiger partial charge on any atom is 0.270 e. The van der Waals surface area contributed by atoms with Crippen LogP contribution in [0.15, 0.2) is 36.4 Å². The lowest BCUT2D eigenvalue weighted by Crippen LogP contribution is -2.48. The van der Waals surface area contributed by atoms with Crippen LogP contribution < -0.4 is 0 Å². The van der Waals surface area contributed by atoms with Gasteiger partial charge in [-0.15, -0.1) is 0 Å². The van der Waals surface area contributed by atoms with E-state index in [-0.39, 0.29) is 17.7 Å². The van der Waals surface area contributed by atoms with E-state index in [9.17, 15) is 9.59 Å². The first-order valence-corrected chi connectivity index (χ1v) is 11.3. The number of hydrogen-bond acceptors (Lipinski definition) is 2. The average molecular weight is 408 g/mol. The minimum Gasteiger partial charge on any atom is -0.354 e. The Labute approximate surface area is 179 Å². The van der Waals surface area contributed by atoms with Gasteiger partial charge in [0.15, 0.2) is 0 Å². The minimum absolute atomic E-state index is 0.0275. The van der Waals surface area contributed by atoms with Crippen LogP contribution in [0.5, 0.6) is 0 Å². The molecule has 1 atom stereocenters. The van der Waals surface area contributed by atoms with Crippen LogP contribution in [0.2, 0.25) is 0 Å². The van der Waals surface area contributed by atoms with Crippen molar-refractivity contribution in [2.75, 3.05) is 26.2 Å². The van der Waals surface area contributed by atoms with E-state index in [1.807, 2.05) is 29.7 Å². The molecule has 0 bridgehead atoms. The van der Waals surface area contributed by atoms with Gasteiger partial charge >= 0.3 is 0 Å². The molecule has 2 amide bonds. The van der Waals surface area contributed by atoms with E-state index in [1.165, 1.54) is 5.56 Å². The first kappa shape index (κ1) is 20.7. The van der Waals surface area contributed by atoms with Crippen LogP contribution in [0.3, 0.4) is 0 Å². The lowest BCUT2D eigenvalue weighted by atomic mass is 9.89. The minimum atomic E-state index is -0.0651. The van der Waals surface area contributed by atoms with Crippen LogP contribution >= 0.6 is 0 Å². The summed E-state index contributed by atoms with van der Waals surface area (Å²) in [6, 6.07) is 12.6. The van der Waals surface area contributed by atoms with E-state index < -0.39 is 0 Å². The molecule has 30 heavy (non-hydrogen) atoms. The molecule has 1 aromatic carbocycles. The van der Waals surface area contributed by atoms with Crippen molar-refractivity contribution < 1.29 is 9.59 Å². The number of aromatic nitrogens is 1. The molecule has 2 aliphatic rings. The third-order valence-electron chi connectivity index (χ3n) is 6.71. The molecule has 1 aromatic heterocycles. The molecule has 0 radical (unpaired) electrons. The van der Waals surface area contributed by atoms with E-state index in [1.54, 1.807) is 0 Å². The Kier molecular flexibility index (Phi) is 6.26. The molecule has 0 spiro atoms. The van der Waals surface area contributed by atoms with Gasteiger partial charge in [0, 0.05) is 31.9 Å². The highest BCUT2D eigenvalue weighted by molar-refractivity contribution is 5.94. The molecule has 160 valence electrons. The number of likely N-dealkylation sites (tertiary alicyclic amines) is 2. The zero-order valence-electron chi connectivity index (χ0n) is 18.2. The summed E-state index contributed by atoms with van der Waals surface area (Å²) in [5.41, 5.74) is 4.03. The summed E-state index contributed by atoms with van der Waals surface area (Å²) in [6.45, 7) is 6.89. The molecular weight excluding hydrogens is 374 g/mol. The lowest BCUT2D eigenvalue weighted by molar-refractivity contribution is -0.138. The van der Waals surface area contributed by atoms with Gasteiger partial charge in [0.25, 0.3) is 5.91 Å². The molecule has 5 heteroatoms. The third kappa shape index (κ3) is 4.61. The predicted octanol–water partition coefficient (Wildman–Crippen LogP) is 3.97. The number of hydrogen-bond donors (Lipinski definition) is 1. The van der Waals surface area contributed by atoms with E-state index in [0.717, 1.165) is 63.0 Å². The molecule has 4 rings (SSSR count). The number of rotatable bonds is 4. The monoisotopic (exact) mass is 407 g/mol. The zero-order valence-corrected chi connectivity index (χ0v) is 18.2.